The maximum Gasteiger partial charge on any atom is 0.341 e. The standard InChI is InChI=1S/C11H6F2O2S/c12-8-3-7(6-1-2-16-5-6)4-9(13)10(8)11(14)15/h1-5H,(H,14,15). The molecule has 2 rings (SSSR count). The minimum atomic E-state index is -1.60. The number of benzene rings is 1. The summed E-state index contributed by atoms with van der Waals surface area (Å²) in [6.45, 7) is 0. The number of halogens is 2. The topological polar surface area (TPSA) is 37.3 Å². The van der Waals surface area contributed by atoms with Crippen LogP contribution in [0.4, 0.5) is 8.78 Å². The number of hydrogen-bond acceptors (Lipinski definition) is 2. The summed E-state index contributed by atoms with van der Waals surface area (Å²) in [4.78, 5) is 10.6. The molecule has 0 amide bonds. The first kappa shape index (κ1) is 10.8. The molecule has 16 heavy (non-hydrogen) atoms. The zero-order chi connectivity index (χ0) is 11.7. The lowest BCUT2D eigenvalue weighted by atomic mass is 10.1. The van der Waals surface area contributed by atoms with Gasteiger partial charge in [0, 0.05) is 0 Å². The molecule has 0 aliphatic carbocycles. The van der Waals surface area contributed by atoms with E-state index in [4.69, 9.17) is 5.11 Å². The summed E-state index contributed by atoms with van der Waals surface area (Å²) in [7, 11) is 0. The number of rotatable bonds is 2. The van der Waals surface area contributed by atoms with Crippen LogP contribution in [0.1, 0.15) is 10.4 Å². The third kappa shape index (κ3) is 1.81. The molecule has 0 spiro atoms. The first-order chi connectivity index (χ1) is 7.59. The fourth-order valence-corrected chi connectivity index (χ4v) is 2.04. The van der Waals surface area contributed by atoms with Crippen LogP contribution in [0.5, 0.6) is 0 Å². The summed E-state index contributed by atoms with van der Waals surface area (Å²) in [5, 5.41) is 12.1. The zero-order valence-corrected chi connectivity index (χ0v) is 8.72. The molecule has 0 radical (unpaired) electrons. The molecule has 0 atom stereocenters. The Morgan fingerprint density at radius 3 is 2.25 bits per heavy atom. The lowest BCUT2D eigenvalue weighted by molar-refractivity contribution is 0.0686. The summed E-state index contributed by atoms with van der Waals surface area (Å²) in [5.74, 6) is -3.73. The Morgan fingerprint density at radius 1 is 1.19 bits per heavy atom. The molecule has 2 nitrogen and oxygen atoms in total. The highest BCUT2D eigenvalue weighted by Gasteiger charge is 2.18. The SMILES string of the molecule is O=C(O)c1c(F)cc(-c2ccsc2)cc1F. The molecule has 0 aliphatic heterocycles. The fourth-order valence-electron chi connectivity index (χ4n) is 1.37. The van der Waals surface area contributed by atoms with Gasteiger partial charge in [0.15, 0.2) is 0 Å². The summed E-state index contributed by atoms with van der Waals surface area (Å²) in [5.41, 5.74) is 0.0833. The van der Waals surface area contributed by atoms with Crippen LogP contribution in [0.3, 0.4) is 0 Å². The molecule has 2 aromatic rings. The van der Waals surface area contributed by atoms with Gasteiger partial charge in [-0.15, -0.1) is 0 Å². The lowest BCUT2D eigenvalue weighted by Gasteiger charge is -2.03. The van der Waals surface area contributed by atoms with Gasteiger partial charge in [-0.05, 0) is 40.1 Å². The maximum absolute atomic E-state index is 13.3. The van der Waals surface area contributed by atoms with Crippen molar-refractivity contribution in [1.29, 1.82) is 0 Å². The van der Waals surface area contributed by atoms with Gasteiger partial charge in [0.2, 0.25) is 0 Å². The van der Waals surface area contributed by atoms with E-state index in [0.717, 1.165) is 12.1 Å². The first-order valence-electron chi connectivity index (χ1n) is 4.34. The Labute approximate surface area is 93.8 Å². The molecule has 1 N–H and O–H groups in total. The van der Waals surface area contributed by atoms with Gasteiger partial charge in [-0.25, -0.2) is 13.6 Å². The molecule has 0 aliphatic rings. The second kappa shape index (κ2) is 4.02. The predicted molar refractivity (Wildman–Crippen MR) is 56.6 cm³/mol. The van der Waals surface area contributed by atoms with Gasteiger partial charge in [0.05, 0.1) is 0 Å². The van der Waals surface area contributed by atoms with Crippen LogP contribution in [0.15, 0.2) is 29.0 Å². The highest BCUT2D eigenvalue weighted by atomic mass is 32.1. The summed E-state index contributed by atoms with van der Waals surface area (Å²) in [6, 6.07) is 3.75. The normalized spacial score (nSPS) is 10.4. The molecule has 0 saturated carbocycles. The molecular formula is C11H6F2O2S. The van der Waals surface area contributed by atoms with Crippen LogP contribution >= 0.6 is 11.3 Å². The van der Waals surface area contributed by atoms with E-state index in [-0.39, 0.29) is 0 Å². The van der Waals surface area contributed by atoms with Crippen molar-refractivity contribution in [3.8, 4) is 11.1 Å². The van der Waals surface area contributed by atoms with Crippen molar-refractivity contribution >= 4 is 17.3 Å². The molecule has 0 fully saturated rings. The monoisotopic (exact) mass is 240 g/mol. The Hall–Kier alpha value is -1.75. The van der Waals surface area contributed by atoms with E-state index in [1.165, 1.54) is 11.3 Å². The highest BCUT2D eigenvalue weighted by molar-refractivity contribution is 7.08. The van der Waals surface area contributed by atoms with Crippen LogP contribution in [0.25, 0.3) is 11.1 Å². The number of carbonyl (C=O) groups is 1. The number of aromatic carboxylic acids is 1. The quantitative estimate of drug-likeness (QED) is 0.873. The van der Waals surface area contributed by atoms with Crippen molar-refractivity contribution in [1.82, 2.24) is 0 Å². The number of carboxylic acids is 1. The second-order valence-corrected chi connectivity index (χ2v) is 3.91. The van der Waals surface area contributed by atoms with Gasteiger partial charge in [-0.3, -0.25) is 0 Å². The Kier molecular flexibility index (Phi) is 2.70. The predicted octanol–water partition coefficient (Wildman–Crippen LogP) is 3.39. The molecular weight excluding hydrogens is 234 g/mol. The third-order valence-corrected chi connectivity index (χ3v) is 2.79. The Bertz CT molecular complexity index is 512. The Balaban J connectivity index is 2.58. The van der Waals surface area contributed by atoms with Gasteiger partial charge in [0.1, 0.15) is 17.2 Å². The minimum Gasteiger partial charge on any atom is -0.477 e. The summed E-state index contributed by atoms with van der Waals surface area (Å²) in [6.07, 6.45) is 0. The van der Waals surface area contributed by atoms with Gasteiger partial charge >= 0.3 is 5.97 Å². The van der Waals surface area contributed by atoms with Crippen LogP contribution in [0, 0.1) is 11.6 Å². The lowest BCUT2D eigenvalue weighted by Crippen LogP contribution is -2.04. The average molecular weight is 240 g/mol. The summed E-state index contributed by atoms with van der Waals surface area (Å²) >= 11 is 1.40. The van der Waals surface area contributed by atoms with Gasteiger partial charge in [-0.2, -0.15) is 11.3 Å². The van der Waals surface area contributed by atoms with Crippen molar-refractivity contribution in [2.24, 2.45) is 0 Å². The number of carboxylic acid groups (broad SMARTS) is 1. The summed E-state index contributed by atoms with van der Waals surface area (Å²) < 4.78 is 26.7. The zero-order valence-electron chi connectivity index (χ0n) is 7.91. The van der Waals surface area contributed by atoms with Crippen LogP contribution in [-0.2, 0) is 0 Å². The number of thiophene rings is 1. The van der Waals surface area contributed by atoms with Crippen molar-refractivity contribution in [2.45, 2.75) is 0 Å². The largest absolute Gasteiger partial charge is 0.477 e. The maximum atomic E-state index is 13.3. The molecule has 82 valence electrons. The molecule has 1 heterocycles. The van der Waals surface area contributed by atoms with Crippen molar-refractivity contribution in [2.75, 3.05) is 0 Å². The Morgan fingerprint density at radius 2 is 1.81 bits per heavy atom. The van der Waals surface area contributed by atoms with E-state index in [0.29, 0.717) is 11.1 Å². The second-order valence-electron chi connectivity index (χ2n) is 3.13. The molecule has 0 unspecified atom stereocenters. The molecule has 1 aromatic carbocycles. The molecule has 5 heteroatoms. The van der Waals surface area contributed by atoms with Gasteiger partial charge < -0.3 is 5.11 Å². The molecule has 0 saturated heterocycles. The smallest absolute Gasteiger partial charge is 0.341 e. The van der Waals surface area contributed by atoms with E-state index in [2.05, 4.69) is 0 Å². The molecule has 0 bridgehead atoms. The average Bonchev–Trinajstić information content (AvgIpc) is 2.67. The molecule has 1 aromatic heterocycles. The van der Waals surface area contributed by atoms with E-state index in [9.17, 15) is 13.6 Å². The number of hydrogen-bond donors (Lipinski definition) is 1. The third-order valence-electron chi connectivity index (χ3n) is 2.11. The fraction of sp³-hybridized carbons (Fsp3) is 0. The first-order valence-corrected chi connectivity index (χ1v) is 5.29. The van der Waals surface area contributed by atoms with Crippen molar-refractivity contribution in [3.63, 3.8) is 0 Å². The van der Waals surface area contributed by atoms with Crippen LogP contribution < -0.4 is 0 Å². The van der Waals surface area contributed by atoms with E-state index >= 15 is 0 Å². The van der Waals surface area contributed by atoms with E-state index < -0.39 is 23.2 Å². The minimum absolute atomic E-state index is 0.334. The van der Waals surface area contributed by atoms with Gasteiger partial charge in [-0.1, -0.05) is 0 Å². The van der Waals surface area contributed by atoms with Gasteiger partial charge in [0.25, 0.3) is 0 Å². The van der Waals surface area contributed by atoms with Crippen molar-refractivity contribution in [3.05, 3.63) is 46.2 Å². The van der Waals surface area contributed by atoms with Crippen LogP contribution in [0.2, 0.25) is 0 Å². The van der Waals surface area contributed by atoms with Crippen LogP contribution in [-0.4, -0.2) is 11.1 Å². The van der Waals surface area contributed by atoms with E-state index in [1.807, 2.05) is 0 Å². The van der Waals surface area contributed by atoms with Crippen molar-refractivity contribution < 1.29 is 18.7 Å². The van der Waals surface area contributed by atoms with E-state index in [1.54, 1.807) is 16.8 Å². The highest BCUT2D eigenvalue weighted by Crippen LogP contribution is 2.26.